The Balaban J connectivity index is 1.58. The summed E-state index contributed by atoms with van der Waals surface area (Å²) in [5, 5.41) is 3.17. The first-order valence-electron chi connectivity index (χ1n) is 13.0. The highest BCUT2D eigenvalue weighted by Gasteiger charge is 2.62. The van der Waals surface area contributed by atoms with Gasteiger partial charge in [0.15, 0.2) is 0 Å². The Hall–Kier alpha value is -1.85. The van der Waals surface area contributed by atoms with Gasteiger partial charge in [-0.05, 0) is 67.1 Å². The van der Waals surface area contributed by atoms with Crippen LogP contribution < -0.4 is 5.32 Å². The van der Waals surface area contributed by atoms with Crippen LogP contribution in [0.1, 0.15) is 92.4 Å². The average molecular weight is 460 g/mol. The summed E-state index contributed by atoms with van der Waals surface area (Å²) in [4.78, 5) is 36.1. The van der Waals surface area contributed by atoms with Gasteiger partial charge in [0.05, 0.1) is 6.04 Å². The Bertz CT molecular complexity index is 836. The molecular formula is C27H41NO5. The van der Waals surface area contributed by atoms with Gasteiger partial charge in [0, 0.05) is 26.2 Å². The van der Waals surface area contributed by atoms with E-state index in [4.69, 9.17) is 9.47 Å². The fraction of sp³-hybridized carbons (Fsp3) is 0.815. The molecule has 0 heterocycles. The molecular weight excluding hydrogens is 418 g/mol. The van der Waals surface area contributed by atoms with Gasteiger partial charge in [-0.1, -0.05) is 39.3 Å². The standard InChI is InChI=1S/C27H41NO5/c1-6-23(30)32-18-10-12-26(4)17(14-18)8-9-19-20(26)11-13-27(5)21(19)15-22(33-24(31)7-2)25(27)28-16(3)29/h8,18-22,25H,6-7,9-15H2,1-5H3,(H,28,29)/t18-,19-,20+,21+,22+,25-,26-,27-/m0/s1. The molecule has 3 saturated carbocycles. The lowest BCUT2D eigenvalue weighted by atomic mass is 9.48. The smallest absolute Gasteiger partial charge is 0.305 e. The van der Waals surface area contributed by atoms with Gasteiger partial charge < -0.3 is 14.8 Å². The summed E-state index contributed by atoms with van der Waals surface area (Å²) in [5.74, 6) is 1.17. The molecule has 6 heteroatoms. The van der Waals surface area contributed by atoms with E-state index in [1.54, 1.807) is 6.92 Å². The number of amides is 1. The number of ether oxygens (including phenoxy) is 2. The summed E-state index contributed by atoms with van der Waals surface area (Å²) in [6, 6.07) is -0.126. The van der Waals surface area contributed by atoms with Gasteiger partial charge in [-0.3, -0.25) is 14.4 Å². The minimum absolute atomic E-state index is 0.00986. The molecule has 0 aromatic heterocycles. The van der Waals surface area contributed by atoms with Crippen molar-refractivity contribution >= 4 is 17.8 Å². The van der Waals surface area contributed by atoms with Crippen molar-refractivity contribution in [2.75, 3.05) is 0 Å². The van der Waals surface area contributed by atoms with Crippen molar-refractivity contribution in [2.24, 2.45) is 28.6 Å². The predicted octanol–water partition coefficient (Wildman–Crippen LogP) is 4.71. The van der Waals surface area contributed by atoms with E-state index in [1.165, 1.54) is 5.57 Å². The molecule has 0 aromatic carbocycles. The lowest BCUT2D eigenvalue weighted by molar-refractivity contribution is -0.151. The first-order valence-corrected chi connectivity index (χ1v) is 13.0. The van der Waals surface area contributed by atoms with Crippen LogP contribution in [-0.2, 0) is 23.9 Å². The van der Waals surface area contributed by atoms with Crippen LogP contribution in [-0.4, -0.2) is 36.1 Å². The molecule has 4 aliphatic rings. The maximum Gasteiger partial charge on any atom is 0.305 e. The van der Waals surface area contributed by atoms with Crippen molar-refractivity contribution in [1.29, 1.82) is 0 Å². The van der Waals surface area contributed by atoms with E-state index in [-0.39, 0.29) is 46.9 Å². The SMILES string of the molecule is CCC(=O)O[C@H]1CC[C@@]2(C)C(=CC[C@@H]3[C@H]4C[C@@H](OC(=O)CC)[C@H](NC(C)=O)[C@@]4(C)CC[C@H]32)C1. The summed E-state index contributed by atoms with van der Waals surface area (Å²) < 4.78 is 11.6. The molecule has 4 aliphatic carbocycles. The van der Waals surface area contributed by atoms with Gasteiger partial charge in [-0.25, -0.2) is 0 Å². The lowest BCUT2D eigenvalue weighted by Crippen LogP contribution is -2.55. The number of carbonyl (C=O) groups excluding carboxylic acids is 3. The zero-order valence-corrected chi connectivity index (χ0v) is 20.9. The summed E-state index contributed by atoms with van der Waals surface area (Å²) in [6.07, 6.45) is 9.79. The molecule has 0 spiro atoms. The normalized spacial score (nSPS) is 41.7. The van der Waals surface area contributed by atoms with Crippen molar-refractivity contribution in [2.45, 2.75) is 111 Å². The van der Waals surface area contributed by atoms with Crippen LogP contribution in [0.2, 0.25) is 0 Å². The molecule has 0 saturated heterocycles. The molecule has 1 amide bonds. The molecule has 6 nitrogen and oxygen atoms in total. The fourth-order valence-corrected chi connectivity index (χ4v) is 7.83. The Kier molecular flexibility index (Phi) is 6.67. The van der Waals surface area contributed by atoms with E-state index in [1.807, 2.05) is 13.8 Å². The van der Waals surface area contributed by atoms with Crippen LogP contribution >= 0.6 is 0 Å². The van der Waals surface area contributed by atoms with Crippen molar-refractivity contribution in [3.8, 4) is 0 Å². The van der Waals surface area contributed by atoms with E-state index >= 15 is 0 Å². The first-order chi connectivity index (χ1) is 15.6. The molecule has 3 fully saturated rings. The molecule has 0 aromatic rings. The maximum atomic E-state index is 12.2. The van der Waals surface area contributed by atoms with Crippen LogP contribution in [0.4, 0.5) is 0 Å². The molecule has 8 atom stereocenters. The fourth-order valence-electron chi connectivity index (χ4n) is 7.83. The third-order valence-electron chi connectivity index (χ3n) is 9.58. The van der Waals surface area contributed by atoms with E-state index in [0.717, 1.165) is 44.9 Å². The molecule has 0 radical (unpaired) electrons. The van der Waals surface area contributed by atoms with E-state index in [0.29, 0.717) is 30.6 Å². The van der Waals surface area contributed by atoms with Gasteiger partial charge in [0.2, 0.25) is 5.91 Å². The number of nitrogens with one attached hydrogen (secondary N) is 1. The third kappa shape index (κ3) is 4.23. The van der Waals surface area contributed by atoms with Crippen molar-refractivity contribution in [1.82, 2.24) is 5.32 Å². The summed E-state index contributed by atoms with van der Waals surface area (Å²) >= 11 is 0. The lowest BCUT2D eigenvalue weighted by Gasteiger charge is -2.57. The van der Waals surface area contributed by atoms with Gasteiger partial charge in [-0.2, -0.15) is 0 Å². The van der Waals surface area contributed by atoms with Gasteiger partial charge >= 0.3 is 11.9 Å². The van der Waals surface area contributed by atoms with Gasteiger partial charge in [0.25, 0.3) is 0 Å². The zero-order valence-electron chi connectivity index (χ0n) is 20.9. The molecule has 0 unspecified atom stereocenters. The van der Waals surface area contributed by atoms with Crippen molar-refractivity contribution in [3.05, 3.63) is 11.6 Å². The quantitative estimate of drug-likeness (QED) is 0.476. The van der Waals surface area contributed by atoms with E-state index < -0.39 is 0 Å². The Labute approximate surface area is 198 Å². The highest BCUT2D eigenvalue weighted by molar-refractivity contribution is 5.74. The Morgan fingerprint density at radius 2 is 1.73 bits per heavy atom. The Morgan fingerprint density at radius 1 is 1.03 bits per heavy atom. The number of esters is 2. The first kappa shape index (κ1) is 24.3. The maximum absolute atomic E-state index is 12.2. The summed E-state index contributed by atoms with van der Waals surface area (Å²) in [6.45, 7) is 9.95. The molecule has 1 N–H and O–H groups in total. The second kappa shape index (κ2) is 9.07. The number of fused-ring (bicyclic) bond motifs is 5. The number of rotatable bonds is 5. The Morgan fingerprint density at radius 3 is 2.39 bits per heavy atom. The predicted molar refractivity (Wildman–Crippen MR) is 125 cm³/mol. The van der Waals surface area contributed by atoms with E-state index in [2.05, 4.69) is 25.2 Å². The highest BCUT2D eigenvalue weighted by Crippen LogP contribution is 2.65. The zero-order chi connectivity index (χ0) is 24.0. The molecule has 184 valence electrons. The number of hydrogen-bond acceptors (Lipinski definition) is 5. The topological polar surface area (TPSA) is 81.7 Å². The number of hydrogen-bond donors (Lipinski definition) is 1. The number of carbonyl (C=O) groups is 3. The highest BCUT2D eigenvalue weighted by atomic mass is 16.5. The summed E-state index contributed by atoms with van der Waals surface area (Å²) in [7, 11) is 0. The van der Waals surface area contributed by atoms with Crippen LogP contribution in [0.25, 0.3) is 0 Å². The summed E-state index contributed by atoms with van der Waals surface area (Å²) in [5.41, 5.74) is 1.54. The largest absolute Gasteiger partial charge is 0.462 e. The minimum Gasteiger partial charge on any atom is -0.462 e. The van der Waals surface area contributed by atoms with Crippen molar-refractivity contribution in [3.63, 3.8) is 0 Å². The van der Waals surface area contributed by atoms with Crippen LogP contribution in [0.15, 0.2) is 11.6 Å². The third-order valence-corrected chi connectivity index (χ3v) is 9.58. The minimum atomic E-state index is -0.252. The van der Waals surface area contributed by atoms with Crippen LogP contribution in [0.5, 0.6) is 0 Å². The average Bonchev–Trinajstić information content (AvgIpc) is 3.04. The molecule has 33 heavy (non-hydrogen) atoms. The second-order valence-corrected chi connectivity index (χ2v) is 11.3. The van der Waals surface area contributed by atoms with Gasteiger partial charge in [-0.15, -0.1) is 0 Å². The monoisotopic (exact) mass is 459 g/mol. The van der Waals surface area contributed by atoms with E-state index in [9.17, 15) is 14.4 Å². The second-order valence-electron chi connectivity index (χ2n) is 11.3. The van der Waals surface area contributed by atoms with Crippen LogP contribution in [0.3, 0.4) is 0 Å². The van der Waals surface area contributed by atoms with Crippen LogP contribution in [0, 0.1) is 28.6 Å². The molecule has 0 bridgehead atoms. The number of allylic oxidation sites excluding steroid dienone is 1. The molecule has 0 aliphatic heterocycles. The van der Waals surface area contributed by atoms with Crippen molar-refractivity contribution < 1.29 is 23.9 Å². The molecule has 4 rings (SSSR count). The van der Waals surface area contributed by atoms with Gasteiger partial charge in [0.1, 0.15) is 12.2 Å².